The summed E-state index contributed by atoms with van der Waals surface area (Å²) in [7, 11) is 0. The third-order valence-electron chi connectivity index (χ3n) is 3.72. The van der Waals surface area contributed by atoms with Crippen LogP contribution in [0.15, 0.2) is 30.3 Å². The van der Waals surface area contributed by atoms with Crippen molar-refractivity contribution in [3.63, 3.8) is 0 Å². The standard InChI is InChI=1S/C17H21N3O2/c1-5-11(2)18-17(22)16(21)15-12(3)19-20(13(15)4)14-9-7-6-8-10-14/h6-11H,5H2,1-4H3,(H,18,22). The second-order valence-electron chi connectivity index (χ2n) is 5.41. The van der Waals surface area contributed by atoms with Crippen LogP contribution in [0.1, 0.15) is 42.0 Å². The number of hydrogen-bond donors (Lipinski definition) is 1. The van der Waals surface area contributed by atoms with Gasteiger partial charge >= 0.3 is 0 Å². The number of amides is 1. The molecule has 1 atom stereocenters. The van der Waals surface area contributed by atoms with Crippen molar-refractivity contribution in [1.29, 1.82) is 0 Å². The van der Waals surface area contributed by atoms with E-state index in [9.17, 15) is 9.59 Å². The fourth-order valence-electron chi connectivity index (χ4n) is 2.30. The van der Waals surface area contributed by atoms with Gasteiger partial charge in [0.15, 0.2) is 0 Å². The summed E-state index contributed by atoms with van der Waals surface area (Å²) >= 11 is 0. The molecule has 0 bridgehead atoms. The van der Waals surface area contributed by atoms with Crippen molar-refractivity contribution >= 4 is 11.7 Å². The number of nitrogens with zero attached hydrogens (tertiary/aromatic N) is 2. The van der Waals surface area contributed by atoms with Gasteiger partial charge in [0.1, 0.15) is 0 Å². The number of para-hydroxylation sites is 1. The van der Waals surface area contributed by atoms with Crippen molar-refractivity contribution in [2.45, 2.75) is 40.2 Å². The Labute approximate surface area is 130 Å². The van der Waals surface area contributed by atoms with E-state index in [1.807, 2.05) is 44.2 Å². The lowest BCUT2D eigenvalue weighted by atomic mass is 10.1. The minimum atomic E-state index is -0.576. The van der Waals surface area contributed by atoms with Gasteiger partial charge in [0.2, 0.25) is 0 Å². The Morgan fingerprint density at radius 3 is 2.45 bits per heavy atom. The lowest BCUT2D eigenvalue weighted by molar-refractivity contribution is -0.117. The zero-order chi connectivity index (χ0) is 16.3. The van der Waals surface area contributed by atoms with E-state index in [4.69, 9.17) is 0 Å². The maximum absolute atomic E-state index is 12.4. The summed E-state index contributed by atoms with van der Waals surface area (Å²) in [5.41, 5.74) is 2.48. The third kappa shape index (κ3) is 3.08. The van der Waals surface area contributed by atoms with Gasteiger partial charge in [0.05, 0.1) is 22.6 Å². The highest BCUT2D eigenvalue weighted by molar-refractivity contribution is 6.43. The first kappa shape index (κ1) is 15.9. The third-order valence-corrected chi connectivity index (χ3v) is 3.72. The molecule has 2 aromatic rings. The van der Waals surface area contributed by atoms with Crippen LogP contribution in [0, 0.1) is 13.8 Å². The molecular formula is C17H21N3O2. The summed E-state index contributed by atoms with van der Waals surface area (Å²) in [5.74, 6) is -1.11. The van der Waals surface area contributed by atoms with Crippen LogP contribution in [0.25, 0.3) is 5.69 Å². The molecule has 5 heteroatoms. The van der Waals surface area contributed by atoms with Crippen LogP contribution < -0.4 is 5.32 Å². The van der Waals surface area contributed by atoms with Gasteiger partial charge in [-0.15, -0.1) is 0 Å². The van der Waals surface area contributed by atoms with Crippen LogP contribution >= 0.6 is 0 Å². The topological polar surface area (TPSA) is 64.0 Å². The summed E-state index contributed by atoms with van der Waals surface area (Å²) in [6.07, 6.45) is 0.778. The zero-order valence-corrected chi connectivity index (χ0v) is 13.4. The van der Waals surface area contributed by atoms with E-state index in [1.165, 1.54) is 0 Å². The van der Waals surface area contributed by atoms with Crippen molar-refractivity contribution in [2.24, 2.45) is 0 Å². The van der Waals surface area contributed by atoms with E-state index >= 15 is 0 Å². The number of rotatable bonds is 5. The quantitative estimate of drug-likeness (QED) is 0.682. The Balaban J connectivity index is 2.35. The highest BCUT2D eigenvalue weighted by Crippen LogP contribution is 2.18. The summed E-state index contributed by atoms with van der Waals surface area (Å²) < 4.78 is 1.69. The van der Waals surface area contributed by atoms with Crippen LogP contribution in [0.4, 0.5) is 0 Å². The van der Waals surface area contributed by atoms with Gasteiger partial charge in [-0.1, -0.05) is 25.1 Å². The molecule has 116 valence electrons. The number of aryl methyl sites for hydroxylation is 1. The van der Waals surface area contributed by atoms with E-state index < -0.39 is 11.7 Å². The normalized spacial score (nSPS) is 12.0. The van der Waals surface area contributed by atoms with Gasteiger partial charge in [0.25, 0.3) is 11.7 Å². The van der Waals surface area contributed by atoms with Gasteiger partial charge in [-0.2, -0.15) is 5.10 Å². The van der Waals surface area contributed by atoms with Crippen molar-refractivity contribution < 1.29 is 9.59 Å². The van der Waals surface area contributed by atoms with Crippen molar-refractivity contribution in [3.05, 3.63) is 47.3 Å². The van der Waals surface area contributed by atoms with Crippen molar-refractivity contribution in [2.75, 3.05) is 0 Å². The van der Waals surface area contributed by atoms with Crippen LogP contribution in [-0.4, -0.2) is 27.5 Å². The van der Waals surface area contributed by atoms with Crippen molar-refractivity contribution in [1.82, 2.24) is 15.1 Å². The molecule has 5 nitrogen and oxygen atoms in total. The average Bonchev–Trinajstić information content (AvgIpc) is 2.82. The van der Waals surface area contributed by atoms with E-state index in [1.54, 1.807) is 18.5 Å². The molecule has 0 saturated heterocycles. The first-order valence-electron chi connectivity index (χ1n) is 7.42. The molecule has 1 aromatic carbocycles. The van der Waals surface area contributed by atoms with Crippen LogP contribution in [0.3, 0.4) is 0 Å². The molecule has 1 aromatic heterocycles. The molecule has 0 aliphatic heterocycles. The monoisotopic (exact) mass is 299 g/mol. The maximum atomic E-state index is 12.4. The summed E-state index contributed by atoms with van der Waals surface area (Å²) in [5, 5.41) is 7.10. The van der Waals surface area contributed by atoms with E-state index in [2.05, 4.69) is 10.4 Å². The first-order chi connectivity index (χ1) is 10.5. The largest absolute Gasteiger partial charge is 0.347 e. The number of carbonyl (C=O) groups is 2. The molecule has 0 aliphatic rings. The molecule has 22 heavy (non-hydrogen) atoms. The summed E-state index contributed by atoms with van der Waals surface area (Å²) in [6.45, 7) is 7.38. The van der Waals surface area contributed by atoms with Crippen LogP contribution in [0.5, 0.6) is 0 Å². The highest BCUT2D eigenvalue weighted by Gasteiger charge is 2.25. The summed E-state index contributed by atoms with van der Waals surface area (Å²) in [4.78, 5) is 24.5. The lowest BCUT2D eigenvalue weighted by Gasteiger charge is -2.10. The Morgan fingerprint density at radius 1 is 1.23 bits per heavy atom. The van der Waals surface area contributed by atoms with Crippen LogP contribution in [0.2, 0.25) is 0 Å². The molecule has 1 amide bonds. The Bertz CT molecular complexity index is 689. The Morgan fingerprint density at radius 2 is 1.86 bits per heavy atom. The van der Waals surface area contributed by atoms with Gasteiger partial charge in [0, 0.05) is 6.04 Å². The number of nitrogens with one attached hydrogen (secondary N) is 1. The van der Waals surface area contributed by atoms with E-state index in [0.29, 0.717) is 17.0 Å². The minimum Gasteiger partial charge on any atom is -0.347 e. The number of hydrogen-bond acceptors (Lipinski definition) is 3. The number of aromatic nitrogens is 2. The molecule has 1 N–H and O–H groups in total. The van der Waals surface area contributed by atoms with E-state index in [-0.39, 0.29) is 6.04 Å². The highest BCUT2D eigenvalue weighted by atomic mass is 16.2. The SMILES string of the molecule is CCC(C)NC(=O)C(=O)c1c(C)nn(-c2ccccc2)c1C. The molecule has 2 rings (SSSR count). The first-order valence-corrected chi connectivity index (χ1v) is 7.42. The maximum Gasteiger partial charge on any atom is 0.292 e. The predicted molar refractivity (Wildman–Crippen MR) is 85.3 cm³/mol. The van der Waals surface area contributed by atoms with Gasteiger partial charge < -0.3 is 5.32 Å². The van der Waals surface area contributed by atoms with Gasteiger partial charge in [-0.3, -0.25) is 9.59 Å². The van der Waals surface area contributed by atoms with E-state index in [0.717, 1.165) is 12.1 Å². The van der Waals surface area contributed by atoms with Crippen LogP contribution in [-0.2, 0) is 4.79 Å². The Kier molecular flexibility index (Phi) is 4.75. The lowest BCUT2D eigenvalue weighted by Crippen LogP contribution is -2.37. The fraction of sp³-hybridized carbons (Fsp3) is 0.353. The molecule has 0 spiro atoms. The zero-order valence-electron chi connectivity index (χ0n) is 13.4. The fourth-order valence-corrected chi connectivity index (χ4v) is 2.30. The number of carbonyl (C=O) groups excluding carboxylic acids is 2. The molecule has 0 saturated carbocycles. The average molecular weight is 299 g/mol. The molecule has 1 unspecified atom stereocenters. The second kappa shape index (κ2) is 6.56. The predicted octanol–water partition coefficient (Wildman–Crippen LogP) is 2.59. The molecular weight excluding hydrogens is 278 g/mol. The number of Topliss-reactive ketones (excluding diaryl/α,β-unsaturated/α-hetero) is 1. The second-order valence-corrected chi connectivity index (χ2v) is 5.41. The minimum absolute atomic E-state index is 0.0266. The Hall–Kier alpha value is -2.43. The molecule has 0 fully saturated rings. The van der Waals surface area contributed by atoms with Gasteiger partial charge in [-0.25, -0.2) is 4.68 Å². The number of ketones is 1. The molecule has 0 radical (unpaired) electrons. The number of benzene rings is 1. The summed E-state index contributed by atoms with van der Waals surface area (Å²) in [6, 6.07) is 9.52. The molecule has 0 aliphatic carbocycles. The smallest absolute Gasteiger partial charge is 0.292 e. The van der Waals surface area contributed by atoms with Crippen molar-refractivity contribution in [3.8, 4) is 5.69 Å². The molecule has 1 heterocycles. The van der Waals surface area contributed by atoms with Gasteiger partial charge in [-0.05, 0) is 39.3 Å².